The molecule has 1 aliphatic rings. The van der Waals surface area contributed by atoms with Crippen molar-refractivity contribution >= 4 is 34.1 Å². The van der Waals surface area contributed by atoms with Crippen LogP contribution in [0.5, 0.6) is 0 Å². The summed E-state index contributed by atoms with van der Waals surface area (Å²) < 4.78 is 47.8. The van der Waals surface area contributed by atoms with Gasteiger partial charge in [-0.2, -0.15) is 0 Å². The first-order valence-electron chi connectivity index (χ1n) is 11.5. The Morgan fingerprint density at radius 2 is 1.95 bits per heavy atom. The quantitative estimate of drug-likeness (QED) is 0.369. The molecule has 1 amide bonds. The van der Waals surface area contributed by atoms with Crippen LogP contribution in [0.3, 0.4) is 0 Å². The van der Waals surface area contributed by atoms with Crippen molar-refractivity contribution in [1.29, 1.82) is 0 Å². The van der Waals surface area contributed by atoms with E-state index in [-0.39, 0.29) is 17.7 Å². The molecule has 0 bridgehead atoms. The first kappa shape index (κ1) is 26.0. The number of aliphatic hydroxyl groups is 2. The zero-order valence-electron chi connectivity index (χ0n) is 19.8. The number of anilines is 1. The molecule has 1 saturated heterocycles. The van der Waals surface area contributed by atoms with Crippen LogP contribution in [0.15, 0.2) is 48.8 Å². The van der Waals surface area contributed by atoms with Crippen LogP contribution in [0.2, 0.25) is 5.02 Å². The molecule has 1 aliphatic heterocycles. The van der Waals surface area contributed by atoms with Crippen molar-refractivity contribution in [2.24, 2.45) is 0 Å². The number of carbonyl (C=O) groups excluding carboxylic acids is 1. The van der Waals surface area contributed by atoms with E-state index >= 15 is 0 Å². The van der Waals surface area contributed by atoms with Gasteiger partial charge in [-0.3, -0.25) is 9.78 Å². The largest absolute Gasteiger partial charge is 0.394 e. The lowest BCUT2D eigenvalue weighted by molar-refractivity contribution is -0.169. The average Bonchev–Trinajstić information content (AvgIpc) is 3.40. The number of ether oxygens (including phenoxy) is 1. The predicted molar refractivity (Wildman–Crippen MR) is 131 cm³/mol. The standard InChI is InChI=1S/C25H21ClF3N5O4/c1-33(19-4-5-30-17-8-13(26)2-3-14(17)19)25(37)21-9-20(24(36)22(11-35)38-21)34-10-18(31-32-34)12-6-15(27)23(29)16(28)7-12/h2-8,10,20-22,24,35-36H,9,11H2,1H3/t20-,21-,22-,24-/m1/s1. The van der Waals surface area contributed by atoms with Crippen molar-refractivity contribution in [1.82, 2.24) is 20.0 Å². The molecular weight excluding hydrogens is 527 g/mol. The fraction of sp³-hybridized carbons (Fsp3) is 0.280. The van der Waals surface area contributed by atoms with E-state index in [0.29, 0.717) is 21.6 Å². The van der Waals surface area contributed by atoms with E-state index in [1.165, 1.54) is 15.8 Å². The van der Waals surface area contributed by atoms with E-state index < -0.39 is 54.3 Å². The first-order valence-corrected chi connectivity index (χ1v) is 11.9. The lowest BCUT2D eigenvalue weighted by atomic mass is 9.94. The molecule has 0 radical (unpaired) electrons. The summed E-state index contributed by atoms with van der Waals surface area (Å²) in [5.74, 6) is -4.84. The molecule has 2 N–H and O–H groups in total. The molecule has 1 fully saturated rings. The van der Waals surface area contributed by atoms with Gasteiger partial charge in [-0.05, 0) is 36.4 Å². The molecule has 198 valence electrons. The Balaban J connectivity index is 1.43. The monoisotopic (exact) mass is 547 g/mol. The third-order valence-corrected chi connectivity index (χ3v) is 6.76. The van der Waals surface area contributed by atoms with Gasteiger partial charge in [-0.1, -0.05) is 16.8 Å². The highest BCUT2D eigenvalue weighted by atomic mass is 35.5. The maximum atomic E-state index is 13.7. The van der Waals surface area contributed by atoms with E-state index in [0.717, 1.165) is 12.1 Å². The van der Waals surface area contributed by atoms with Crippen molar-refractivity contribution in [3.05, 3.63) is 71.3 Å². The van der Waals surface area contributed by atoms with Gasteiger partial charge >= 0.3 is 0 Å². The Kier molecular flexibility index (Phi) is 7.05. The Labute approximate surface area is 219 Å². The number of carbonyl (C=O) groups is 1. The normalized spacial score (nSPS) is 21.6. The molecule has 4 aromatic rings. The fourth-order valence-corrected chi connectivity index (χ4v) is 4.70. The molecule has 38 heavy (non-hydrogen) atoms. The number of benzene rings is 2. The van der Waals surface area contributed by atoms with Crippen LogP contribution in [0.1, 0.15) is 12.5 Å². The first-order chi connectivity index (χ1) is 18.2. The molecular formula is C25H21ClF3N5O4. The summed E-state index contributed by atoms with van der Waals surface area (Å²) in [5.41, 5.74) is 1.09. The van der Waals surface area contributed by atoms with Crippen LogP contribution in [0.25, 0.3) is 22.2 Å². The maximum absolute atomic E-state index is 13.7. The van der Waals surface area contributed by atoms with Crippen molar-refractivity contribution in [3.63, 3.8) is 0 Å². The predicted octanol–water partition coefficient (Wildman–Crippen LogP) is 3.28. The number of fused-ring (bicyclic) bond motifs is 1. The average molecular weight is 548 g/mol. The molecule has 13 heteroatoms. The fourth-order valence-electron chi connectivity index (χ4n) is 4.54. The molecule has 4 atom stereocenters. The highest BCUT2D eigenvalue weighted by Crippen LogP contribution is 2.33. The number of aliphatic hydroxyl groups excluding tert-OH is 2. The smallest absolute Gasteiger partial charge is 0.255 e. The number of hydrogen-bond acceptors (Lipinski definition) is 7. The van der Waals surface area contributed by atoms with Gasteiger partial charge < -0.3 is 19.8 Å². The molecule has 3 heterocycles. The molecule has 0 spiro atoms. The second-order valence-electron chi connectivity index (χ2n) is 8.87. The van der Waals surface area contributed by atoms with Crippen LogP contribution in [-0.4, -0.2) is 68.1 Å². The van der Waals surface area contributed by atoms with Gasteiger partial charge in [0.2, 0.25) is 0 Å². The Bertz CT molecular complexity index is 1500. The number of halogens is 4. The van der Waals surface area contributed by atoms with Crippen LogP contribution >= 0.6 is 11.6 Å². The van der Waals surface area contributed by atoms with Gasteiger partial charge in [0.25, 0.3) is 5.91 Å². The van der Waals surface area contributed by atoms with Crippen LogP contribution in [0, 0.1) is 17.5 Å². The zero-order valence-corrected chi connectivity index (χ0v) is 20.6. The summed E-state index contributed by atoms with van der Waals surface area (Å²) in [6, 6.07) is 7.43. The molecule has 2 aromatic heterocycles. The van der Waals surface area contributed by atoms with Crippen LogP contribution < -0.4 is 4.90 Å². The number of hydrogen-bond donors (Lipinski definition) is 2. The number of rotatable bonds is 5. The molecule has 0 aliphatic carbocycles. The van der Waals surface area contributed by atoms with Gasteiger partial charge in [-0.25, -0.2) is 17.9 Å². The van der Waals surface area contributed by atoms with E-state index in [4.69, 9.17) is 16.3 Å². The summed E-state index contributed by atoms with van der Waals surface area (Å²) in [6.07, 6.45) is -0.697. The second-order valence-corrected chi connectivity index (χ2v) is 9.30. The topological polar surface area (TPSA) is 114 Å². The van der Waals surface area contributed by atoms with Crippen molar-refractivity contribution in [2.75, 3.05) is 18.6 Å². The lowest BCUT2D eigenvalue weighted by Gasteiger charge is -2.39. The third-order valence-electron chi connectivity index (χ3n) is 6.53. The summed E-state index contributed by atoms with van der Waals surface area (Å²) in [4.78, 5) is 19.2. The van der Waals surface area contributed by atoms with E-state index in [9.17, 15) is 28.2 Å². The van der Waals surface area contributed by atoms with E-state index in [1.54, 1.807) is 37.5 Å². The zero-order chi connectivity index (χ0) is 27.1. The van der Waals surface area contributed by atoms with Crippen molar-refractivity contribution < 1.29 is 32.9 Å². The van der Waals surface area contributed by atoms with E-state index in [1.807, 2.05) is 0 Å². The minimum atomic E-state index is -1.61. The van der Waals surface area contributed by atoms with Gasteiger partial charge in [0, 0.05) is 35.6 Å². The molecule has 5 rings (SSSR count). The summed E-state index contributed by atoms with van der Waals surface area (Å²) in [7, 11) is 1.56. The van der Waals surface area contributed by atoms with Crippen LogP contribution in [-0.2, 0) is 9.53 Å². The Morgan fingerprint density at radius 3 is 2.66 bits per heavy atom. The van der Waals surface area contributed by atoms with Crippen molar-refractivity contribution in [3.8, 4) is 11.3 Å². The molecule has 9 nitrogen and oxygen atoms in total. The maximum Gasteiger partial charge on any atom is 0.255 e. The van der Waals surface area contributed by atoms with E-state index in [2.05, 4.69) is 15.3 Å². The van der Waals surface area contributed by atoms with Crippen molar-refractivity contribution in [2.45, 2.75) is 30.8 Å². The summed E-state index contributed by atoms with van der Waals surface area (Å²) in [6.45, 7) is -0.586. The number of likely N-dealkylation sites (N-methyl/N-ethyl adjacent to an activating group) is 1. The number of pyridine rings is 1. The van der Waals surface area contributed by atoms with Gasteiger partial charge in [0.1, 0.15) is 24.0 Å². The lowest BCUT2D eigenvalue weighted by Crippen LogP contribution is -2.52. The summed E-state index contributed by atoms with van der Waals surface area (Å²) in [5, 5.41) is 29.6. The van der Waals surface area contributed by atoms with Gasteiger partial charge in [-0.15, -0.1) is 5.10 Å². The Hall–Kier alpha value is -3.58. The highest BCUT2D eigenvalue weighted by molar-refractivity contribution is 6.31. The minimum absolute atomic E-state index is 0.0175. The second kappa shape index (κ2) is 10.3. The minimum Gasteiger partial charge on any atom is -0.394 e. The molecule has 0 saturated carbocycles. The van der Waals surface area contributed by atoms with Gasteiger partial charge in [0.05, 0.1) is 30.0 Å². The molecule has 2 aromatic carbocycles. The third kappa shape index (κ3) is 4.71. The summed E-state index contributed by atoms with van der Waals surface area (Å²) >= 11 is 6.06. The van der Waals surface area contributed by atoms with Gasteiger partial charge in [0.15, 0.2) is 17.5 Å². The highest BCUT2D eigenvalue weighted by Gasteiger charge is 2.43. The van der Waals surface area contributed by atoms with Crippen LogP contribution in [0.4, 0.5) is 18.9 Å². The number of aromatic nitrogens is 4. The number of amides is 1. The Morgan fingerprint density at radius 1 is 1.21 bits per heavy atom. The molecule has 0 unspecified atom stereocenters. The number of nitrogens with zero attached hydrogens (tertiary/aromatic N) is 5. The SMILES string of the molecule is CN(C(=O)[C@H]1C[C@@H](n2cc(-c3cc(F)c(F)c(F)c3)nn2)[C@@H](O)[C@@H](CO)O1)c1ccnc2cc(Cl)ccc12.